The summed E-state index contributed by atoms with van der Waals surface area (Å²) in [6.45, 7) is 9.17. The molecule has 3 aromatic carbocycles. The zero-order valence-corrected chi connectivity index (χ0v) is 23.5. The molecule has 3 rings (SSSR count). The lowest BCUT2D eigenvalue weighted by molar-refractivity contribution is -0.117. The summed E-state index contributed by atoms with van der Waals surface area (Å²) in [5.74, 6) is -0.133. The first-order valence-corrected chi connectivity index (χ1v) is 14.1. The maximum Gasteiger partial charge on any atom is 0.259 e. The predicted molar refractivity (Wildman–Crippen MR) is 151 cm³/mol. The molecule has 192 valence electrons. The molecule has 0 fully saturated rings. The van der Waals surface area contributed by atoms with Crippen LogP contribution in [-0.4, -0.2) is 29.1 Å². The molecular formula is C29H36ClN3O2S. The molecule has 0 aliphatic rings. The van der Waals surface area contributed by atoms with E-state index in [1.807, 2.05) is 55.4 Å². The van der Waals surface area contributed by atoms with Gasteiger partial charge < -0.3 is 4.90 Å². The van der Waals surface area contributed by atoms with Gasteiger partial charge in [0, 0.05) is 11.6 Å². The third kappa shape index (κ3) is 7.04. The molecule has 0 heterocycles. The second-order valence-electron chi connectivity index (χ2n) is 10.1. The van der Waals surface area contributed by atoms with Gasteiger partial charge in [0.05, 0.1) is 11.3 Å². The summed E-state index contributed by atoms with van der Waals surface area (Å²) in [6, 6.07) is 19.1. The Hall–Kier alpha value is -2.51. The summed E-state index contributed by atoms with van der Waals surface area (Å²) < 4.78 is 17.2. The monoisotopic (exact) mass is 525 g/mol. The van der Waals surface area contributed by atoms with Crippen molar-refractivity contribution in [2.24, 2.45) is 9.50 Å². The quantitative estimate of drug-likeness (QED) is 0.352. The van der Waals surface area contributed by atoms with Gasteiger partial charge in [-0.25, -0.2) is 9.35 Å². The second kappa shape index (κ2) is 11.7. The number of benzene rings is 3. The van der Waals surface area contributed by atoms with E-state index in [2.05, 4.69) is 44.2 Å². The van der Waals surface area contributed by atoms with Crippen molar-refractivity contribution in [3.63, 3.8) is 0 Å². The molecule has 0 spiro atoms. The Bertz CT molecular complexity index is 1330. The number of carbonyl (C=O) groups is 1. The second-order valence-corrected chi connectivity index (χ2v) is 12.3. The highest BCUT2D eigenvalue weighted by Gasteiger charge is 2.20. The third-order valence-corrected chi connectivity index (χ3v) is 7.70. The van der Waals surface area contributed by atoms with Crippen molar-refractivity contribution in [1.82, 2.24) is 4.90 Å². The van der Waals surface area contributed by atoms with E-state index in [1.165, 1.54) is 0 Å². The molecule has 36 heavy (non-hydrogen) atoms. The lowest BCUT2D eigenvalue weighted by Crippen LogP contribution is -2.17. The van der Waals surface area contributed by atoms with Crippen molar-refractivity contribution in [3.05, 3.63) is 87.9 Å². The maximum absolute atomic E-state index is 13.2. The van der Waals surface area contributed by atoms with Gasteiger partial charge in [0.25, 0.3) is 5.91 Å². The average Bonchev–Trinajstić information content (AvgIpc) is 2.78. The van der Waals surface area contributed by atoms with Crippen molar-refractivity contribution >= 4 is 27.4 Å². The summed E-state index contributed by atoms with van der Waals surface area (Å²) in [6.07, 6.45) is 0.0454. The summed E-state index contributed by atoms with van der Waals surface area (Å²) in [7, 11) is 0.607. The molecule has 0 saturated heterocycles. The highest BCUT2D eigenvalue weighted by Crippen LogP contribution is 2.35. The molecule has 0 aromatic heterocycles. The first-order valence-electron chi connectivity index (χ1n) is 12.1. The van der Waals surface area contributed by atoms with Crippen LogP contribution in [0.25, 0.3) is 11.1 Å². The van der Waals surface area contributed by atoms with Crippen LogP contribution in [0.2, 0.25) is 5.02 Å². The Balaban J connectivity index is 2.00. The molecule has 1 atom stereocenters. The highest BCUT2D eigenvalue weighted by atomic mass is 35.5. The van der Waals surface area contributed by atoms with Gasteiger partial charge in [-0.1, -0.05) is 75.7 Å². The standard InChI is InChI=1S/C29H36ClN3O2S/c1-19(2)26-15-23(22-8-7-9-24(30)14-22)16-27(20(3)4)28(26)17-29(34)32-36(31,35)25-12-10-21(11-13-25)18-33(5)6/h7-16,19-20H,17-18H2,1-6H3,(H2,31,32,34,35). The van der Waals surface area contributed by atoms with Gasteiger partial charge in [0.2, 0.25) is 0 Å². The van der Waals surface area contributed by atoms with Crippen LogP contribution in [0.3, 0.4) is 0 Å². The van der Waals surface area contributed by atoms with E-state index >= 15 is 0 Å². The molecule has 1 amide bonds. The number of amides is 1. The Morgan fingerprint density at radius 2 is 1.53 bits per heavy atom. The predicted octanol–water partition coefficient (Wildman–Crippen LogP) is 6.79. The summed E-state index contributed by atoms with van der Waals surface area (Å²) >= 11 is 6.24. The van der Waals surface area contributed by atoms with Crippen molar-refractivity contribution in [3.8, 4) is 11.1 Å². The fraction of sp³-hybridized carbons (Fsp3) is 0.345. The number of nitrogens with two attached hydrogens (primary N) is 1. The van der Waals surface area contributed by atoms with Gasteiger partial charge in [0.1, 0.15) is 9.92 Å². The van der Waals surface area contributed by atoms with Gasteiger partial charge in [-0.05, 0) is 83.6 Å². The minimum atomic E-state index is -3.35. The molecule has 0 radical (unpaired) electrons. The van der Waals surface area contributed by atoms with Crippen LogP contribution in [0.5, 0.6) is 0 Å². The molecule has 0 aliphatic carbocycles. The summed E-state index contributed by atoms with van der Waals surface area (Å²) in [5, 5.41) is 6.75. The van der Waals surface area contributed by atoms with Crippen LogP contribution < -0.4 is 5.14 Å². The Morgan fingerprint density at radius 1 is 0.944 bits per heavy atom. The van der Waals surface area contributed by atoms with E-state index in [0.717, 1.165) is 39.9 Å². The fourth-order valence-electron chi connectivity index (χ4n) is 4.33. The number of rotatable bonds is 8. The Morgan fingerprint density at radius 3 is 2.03 bits per heavy atom. The third-order valence-electron chi connectivity index (χ3n) is 6.05. The topological polar surface area (TPSA) is 75.8 Å². The smallest absolute Gasteiger partial charge is 0.259 e. The Labute approximate surface area is 221 Å². The van der Waals surface area contributed by atoms with Crippen molar-refractivity contribution < 1.29 is 9.00 Å². The van der Waals surface area contributed by atoms with E-state index in [0.29, 0.717) is 9.92 Å². The molecule has 5 nitrogen and oxygen atoms in total. The number of nitrogens with zero attached hydrogens (tertiary/aromatic N) is 2. The molecule has 7 heteroatoms. The molecule has 0 saturated carbocycles. The first-order chi connectivity index (χ1) is 16.9. The lowest BCUT2D eigenvalue weighted by Gasteiger charge is -2.21. The van der Waals surface area contributed by atoms with Crippen LogP contribution in [0, 0.1) is 0 Å². The van der Waals surface area contributed by atoms with E-state index in [-0.39, 0.29) is 18.3 Å². The van der Waals surface area contributed by atoms with Gasteiger partial charge in [-0.2, -0.15) is 0 Å². The van der Waals surface area contributed by atoms with Crippen LogP contribution in [0.4, 0.5) is 0 Å². The van der Waals surface area contributed by atoms with Crippen LogP contribution in [-0.2, 0) is 27.7 Å². The van der Waals surface area contributed by atoms with Gasteiger partial charge >= 0.3 is 0 Å². The normalized spacial score (nSPS) is 13.3. The van der Waals surface area contributed by atoms with E-state index in [9.17, 15) is 9.00 Å². The summed E-state index contributed by atoms with van der Waals surface area (Å²) in [5.41, 5.74) is 6.20. The Kier molecular flexibility index (Phi) is 9.12. The SMILES string of the molecule is CC(C)c1cc(-c2cccc(Cl)c2)cc(C(C)C)c1CC(=O)N=S(N)(=O)c1ccc(CN(C)C)cc1. The minimum absolute atomic E-state index is 0.0454. The lowest BCUT2D eigenvalue weighted by atomic mass is 9.84. The highest BCUT2D eigenvalue weighted by molar-refractivity contribution is 7.91. The number of hydrogen-bond acceptors (Lipinski definition) is 3. The molecule has 3 aromatic rings. The number of carbonyl (C=O) groups excluding carboxylic acids is 1. The minimum Gasteiger partial charge on any atom is -0.305 e. The molecule has 0 aliphatic heterocycles. The number of hydrogen-bond donors (Lipinski definition) is 1. The molecule has 1 unspecified atom stereocenters. The van der Waals surface area contributed by atoms with E-state index in [1.54, 1.807) is 12.1 Å². The molecule has 2 N–H and O–H groups in total. The van der Waals surface area contributed by atoms with Gasteiger partial charge in [-0.3, -0.25) is 4.79 Å². The van der Waals surface area contributed by atoms with Crippen molar-refractivity contribution in [2.45, 2.75) is 57.4 Å². The van der Waals surface area contributed by atoms with Gasteiger partial charge in [-0.15, -0.1) is 4.36 Å². The zero-order chi connectivity index (χ0) is 26.6. The average molecular weight is 526 g/mol. The summed E-state index contributed by atoms with van der Waals surface area (Å²) in [4.78, 5) is 15.5. The largest absolute Gasteiger partial charge is 0.305 e. The van der Waals surface area contributed by atoms with E-state index in [4.69, 9.17) is 16.7 Å². The van der Waals surface area contributed by atoms with Crippen LogP contribution >= 0.6 is 11.6 Å². The van der Waals surface area contributed by atoms with E-state index < -0.39 is 15.8 Å². The van der Waals surface area contributed by atoms with Crippen LogP contribution in [0.15, 0.2) is 69.9 Å². The van der Waals surface area contributed by atoms with Crippen molar-refractivity contribution in [2.75, 3.05) is 14.1 Å². The fourth-order valence-corrected chi connectivity index (χ4v) is 5.52. The molecule has 0 bridgehead atoms. The van der Waals surface area contributed by atoms with Crippen molar-refractivity contribution in [1.29, 1.82) is 0 Å². The number of halogens is 1. The van der Waals surface area contributed by atoms with Crippen LogP contribution in [0.1, 0.15) is 61.8 Å². The van der Waals surface area contributed by atoms with Gasteiger partial charge in [0.15, 0.2) is 0 Å². The zero-order valence-electron chi connectivity index (χ0n) is 21.9. The molecular weight excluding hydrogens is 490 g/mol. The maximum atomic E-state index is 13.2. The first kappa shape index (κ1) is 28.1.